The zero-order valence-electron chi connectivity index (χ0n) is 12.9. The Labute approximate surface area is 136 Å². The minimum absolute atomic E-state index is 0.194. The molecule has 132 valence electrons. The molecule has 1 saturated heterocycles. The number of ether oxygens (including phenoxy) is 2. The van der Waals surface area contributed by atoms with E-state index in [4.69, 9.17) is 20.3 Å². The number of carbonyl (C=O) groups is 1. The molecule has 11 heteroatoms. The number of nitrogens with two attached hydrogens (primary N) is 1. The fourth-order valence-corrected chi connectivity index (χ4v) is 2.69. The van der Waals surface area contributed by atoms with Gasteiger partial charge in [0, 0.05) is 0 Å². The molecule has 11 nitrogen and oxygen atoms in total. The average molecular weight is 341 g/mol. The fraction of sp³-hybridized carbons (Fsp3) is 0.615. The highest BCUT2D eigenvalue weighted by Crippen LogP contribution is 2.36. The van der Waals surface area contributed by atoms with Crippen molar-refractivity contribution in [3.05, 3.63) is 12.0 Å². The monoisotopic (exact) mass is 341 g/mol. The summed E-state index contributed by atoms with van der Waals surface area (Å²) in [6.07, 6.45) is -3.41. The maximum Gasteiger partial charge on any atom is 0.416 e. The SMILES string of the molecule is CCOC(=O)N1C=Nc2c(ncn2[C@@H]2O[C@H](CO)C(O)C2O)C1N. The van der Waals surface area contributed by atoms with Crippen molar-refractivity contribution in [3.63, 3.8) is 0 Å². The molecule has 1 aromatic rings. The first-order valence-electron chi connectivity index (χ1n) is 7.43. The van der Waals surface area contributed by atoms with E-state index in [-0.39, 0.29) is 12.4 Å². The Morgan fingerprint density at radius 1 is 1.46 bits per heavy atom. The molecule has 3 rings (SSSR count). The quantitative estimate of drug-likeness (QED) is 0.522. The Balaban J connectivity index is 1.87. The van der Waals surface area contributed by atoms with E-state index in [1.807, 2.05) is 0 Å². The normalized spacial score (nSPS) is 32.0. The summed E-state index contributed by atoms with van der Waals surface area (Å²) in [6.45, 7) is 1.43. The van der Waals surface area contributed by atoms with Gasteiger partial charge in [-0.05, 0) is 6.92 Å². The first-order chi connectivity index (χ1) is 11.5. The second kappa shape index (κ2) is 6.45. The van der Waals surface area contributed by atoms with E-state index in [0.717, 1.165) is 4.90 Å². The molecule has 0 aromatic carbocycles. The van der Waals surface area contributed by atoms with E-state index in [1.54, 1.807) is 6.92 Å². The fourth-order valence-electron chi connectivity index (χ4n) is 2.69. The molecule has 3 heterocycles. The maximum absolute atomic E-state index is 11.8. The van der Waals surface area contributed by atoms with Crippen LogP contribution < -0.4 is 5.73 Å². The van der Waals surface area contributed by atoms with Crippen molar-refractivity contribution in [1.29, 1.82) is 0 Å². The third-order valence-electron chi connectivity index (χ3n) is 3.95. The van der Waals surface area contributed by atoms with Crippen LogP contribution in [-0.4, -0.2) is 73.7 Å². The lowest BCUT2D eigenvalue weighted by Crippen LogP contribution is -2.40. The predicted octanol–water partition coefficient (Wildman–Crippen LogP) is -1.42. The molecule has 0 aliphatic carbocycles. The number of aliphatic imine (C=N–C) groups is 1. The van der Waals surface area contributed by atoms with E-state index in [9.17, 15) is 15.0 Å². The van der Waals surface area contributed by atoms with Crippen LogP contribution in [0.4, 0.5) is 10.6 Å². The van der Waals surface area contributed by atoms with Crippen LogP contribution in [0, 0.1) is 0 Å². The third kappa shape index (κ3) is 2.56. The molecule has 0 spiro atoms. The molecular weight excluding hydrogens is 322 g/mol. The summed E-state index contributed by atoms with van der Waals surface area (Å²) in [4.78, 5) is 21.2. The minimum Gasteiger partial charge on any atom is -0.449 e. The maximum atomic E-state index is 11.8. The van der Waals surface area contributed by atoms with Gasteiger partial charge in [0.25, 0.3) is 0 Å². The van der Waals surface area contributed by atoms with Gasteiger partial charge in [0.1, 0.15) is 36.5 Å². The van der Waals surface area contributed by atoms with Gasteiger partial charge in [-0.1, -0.05) is 0 Å². The topological polar surface area (TPSA) is 156 Å². The highest BCUT2D eigenvalue weighted by molar-refractivity contribution is 5.85. The Hall–Kier alpha value is -2.05. The van der Waals surface area contributed by atoms with Crippen LogP contribution >= 0.6 is 0 Å². The highest BCUT2D eigenvalue weighted by Gasteiger charge is 2.45. The molecule has 0 radical (unpaired) electrons. The summed E-state index contributed by atoms with van der Waals surface area (Å²) in [5, 5.41) is 29.1. The van der Waals surface area contributed by atoms with Gasteiger partial charge in [-0.3, -0.25) is 4.57 Å². The number of imidazole rings is 1. The zero-order valence-corrected chi connectivity index (χ0v) is 12.9. The second-order valence-electron chi connectivity index (χ2n) is 5.39. The number of nitrogens with zero attached hydrogens (tertiary/aromatic N) is 4. The average Bonchev–Trinajstić information content (AvgIpc) is 3.11. The van der Waals surface area contributed by atoms with E-state index in [1.165, 1.54) is 17.2 Å². The first kappa shape index (κ1) is 16.8. The van der Waals surface area contributed by atoms with Gasteiger partial charge in [-0.15, -0.1) is 0 Å². The van der Waals surface area contributed by atoms with Crippen molar-refractivity contribution in [2.24, 2.45) is 10.7 Å². The number of carbonyl (C=O) groups excluding carboxylic acids is 1. The van der Waals surface area contributed by atoms with Gasteiger partial charge in [0.15, 0.2) is 12.0 Å². The third-order valence-corrected chi connectivity index (χ3v) is 3.95. The number of amides is 1. The molecule has 2 aliphatic heterocycles. The zero-order chi connectivity index (χ0) is 17.4. The van der Waals surface area contributed by atoms with Crippen molar-refractivity contribution in [2.75, 3.05) is 13.2 Å². The van der Waals surface area contributed by atoms with Gasteiger partial charge in [0.05, 0.1) is 19.5 Å². The summed E-state index contributed by atoms with van der Waals surface area (Å²) in [6, 6.07) is 0. The van der Waals surface area contributed by atoms with Gasteiger partial charge in [-0.2, -0.15) is 0 Å². The van der Waals surface area contributed by atoms with E-state index in [0.29, 0.717) is 5.69 Å². The molecule has 1 aromatic heterocycles. The summed E-state index contributed by atoms with van der Waals surface area (Å²) >= 11 is 0. The van der Waals surface area contributed by atoms with Gasteiger partial charge in [-0.25, -0.2) is 19.7 Å². The number of rotatable bonds is 3. The van der Waals surface area contributed by atoms with Gasteiger partial charge in [0.2, 0.25) is 0 Å². The molecule has 2 aliphatic rings. The molecule has 0 saturated carbocycles. The highest BCUT2D eigenvalue weighted by atomic mass is 16.6. The van der Waals surface area contributed by atoms with Crippen LogP contribution in [0.1, 0.15) is 25.0 Å². The van der Waals surface area contributed by atoms with E-state index < -0.39 is 43.4 Å². The van der Waals surface area contributed by atoms with Crippen molar-refractivity contribution < 1.29 is 29.6 Å². The van der Waals surface area contributed by atoms with Crippen LogP contribution in [0.2, 0.25) is 0 Å². The number of fused-ring (bicyclic) bond motifs is 1. The summed E-state index contributed by atoms with van der Waals surface area (Å²) < 4.78 is 11.7. The van der Waals surface area contributed by atoms with Crippen molar-refractivity contribution in [3.8, 4) is 0 Å². The largest absolute Gasteiger partial charge is 0.449 e. The molecule has 0 bridgehead atoms. The number of aromatic nitrogens is 2. The smallest absolute Gasteiger partial charge is 0.416 e. The molecule has 24 heavy (non-hydrogen) atoms. The molecular formula is C13H19N5O6. The summed E-state index contributed by atoms with van der Waals surface area (Å²) in [5.74, 6) is 0.290. The minimum atomic E-state index is -1.27. The van der Waals surface area contributed by atoms with Gasteiger partial charge >= 0.3 is 6.09 Å². The van der Waals surface area contributed by atoms with E-state index in [2.05, 4.69) is 9.98 Å². The standard InChI is InChI=1S/C13H19N5O6/c1-2-23-13(22)17-5-16-11-7(10(17)14)15-4-18(11)12-9(21)8(20)6(3-19)24-12/h4-6,8-10,12,19-21H,2-3,14H2,1H3/t6-,8?,9?,10?,12-/m1/s1. The molecule has 1 amide bonds. The Morgan fingerprint density at radius 2 is 2.21 bits per heavy atom. The Bertz CT molecular complexity index is 649. The van der Waals surface area contributed by atoms with E-state index >= 15 is 0 Å². The van der Waals surface area contributed by atoms with Crippen LogP contribution in [0.25, 0.3) is 0 Å². The Morgan fingerprint density at radius 3 is 2.83 bits per heavy atom. The van der Waals surface area contributed by atoms with Crippen LogP contribution in [0.5, 0.6) is 0 Å². The van der Waals surface area contributed by atoms with Crippen molar-refractivity contribution >= 4 is 18.2 Å². The second-order valence-corrected chi connectivity index (χ2v) is 5.39. The summed E-state index contributed by atoms with van der Waals surface area (Å²) in [5.41, 5.74) is 6.31. The lowest BCUT2D eigenvalue weighted by Gasteiger charge is -2.27. The molecule has 5 atom stereocenters. The lowest BCUT2D eigenvalue weighted by molar-refractivity contribution is -0.0520. The number of hydrogen-bond acceptors (Lipinski definition) is 9. The van der Waals surface area contributed by atoms with Crippen molar-refractivity contribution in [1.82, 2.24) is 14.5 Å². The molecule has 1 fully saturated rings. The summed E-state index contributed by atoms with van der Waals surface area (Å²) in [7, 11) is 0. The lowest BCUT2D eigenvalue weighted by atomic mass is 10.1. The van der Waals surface area contributed by atoms with Crippen LogP contribution in [0.15, 0.2) is 11.3 Å². The number of aliphatic hydroxyl groups excluding tert-OH is 3. The number of aliphatic hydroxyl groups is 3. The molecule has 5 N–H and O–H groups in total. The van der Waals surface area contributed by atoms with Gasteiger partial charge < -0.3 is 30.5 Å². The van der Waals surface area contributed by atoms with Crippen molar-refractivity contribution in [2.45, 2.75) is 37.6 Å². The van der Waals surface area contributed by atoms with Crippen LogP contribution in [0.3, 0.4) is 0 Å². The predicted molar refractivity (Wildman–Crippen MR) is 79.2 cm³/mol. The van der Waals surface area contributed by atoms with Crippen LogP contribution in [-0.2, 0) is 9.47 Å². The molecule has 3 unspecified atom stereocenters. The first-order valence-corrected chi connectivity index (χ1v) is 7.43. The Kier molecular flexibility index (Phi) is 4.51. The number of hydrogen-bond donors (Lipinski definition) is 4.